The Morgan fingerprint density at radius 1 is 1.00 bits per heavy atom. The van der Waals surface area contributed by atoms with Gasteiger partial charge in [-0.2, -0.15) is 5.10 Å². The minimum Gasteiger partial charge on any atom is -0.361 e. The van der Waals surface area contributed by atoms with E-state index in [2.05, 4.69) is 22.2 Å². The third kappa shape index (κ3) is 3.23. The molecule has 0 N–H and O–H groups in total. The van der Waals surface area contributed by atoms with Crippen LogP contribution in [0.3, 0.4) is 0 Å². The third-order valence-electron chi connectivity index (χ3n) is 5.34. The van der Waals surface area contributed by atoms with E-state index in [1.54, 1.807) is 18.7 Å². The summed E-state index contributed by atoms with van der Waals surface area (Å²) in [4.78, 5) is 31.4. The summed E-state index contributed by atoms with van der Waals surface area (Å²) in [5.41, 5.74) is 2.46. The van der Waals surface area contributed by atoms with E-state index in [1.165, 1.54) is 0 Å². The normalized spacial score (nSPS) is 17.9. The van der Waals surface area contributed by atoms with Crippen LogP contribution in [0, 0.1) is 13.8 Å². The lowest BCUT2D eigenvalue weighted by atomic mass is 10.1. The largest absolute Gasteiger partial charge is 0.361 e. The van der Waals surface area contributed by atoms with Gasteiger partial charge in [0, 0.05) is 32.7 Å². The van der Waals surface area contributed by atoms with Crippen molar-refractivity contribution in [2.24, 2.45) is 0 Å². The van der Waals surface area contributed by atoms with Crippen LogP contribution in [-0.4, -0.2) is 81.2 Å². The number of carbonyl (C=O) groups excluding carboxylic acids is 2. The van der Waals surface area contributed by atoms with Crippen molar-refractivity contribution in [3.63, 3.8) is 0 Å². The Labute approximate surface area is 157 Å². The number of fused-ring (bicyclic) bond motifs is 1. The molecule has 9 heteroatoms. The number of amides is 2. The molecule has 0 saturated carbocycles. The number of aryl methyl sites for hydroxylation is 2. The summed E-state index contributed by atoms with van der Waals surface area (Å²) in [7, 11) is 2.06. The smallest absolute Gasteiger partial charge is 0.274 e. The molecular weight excluding hydrogens is 348 g/mol. The lowest BCUT2D eigenvalue weighted by Gasteiger charge is -2.31. The van der Waals surface area contributed by atoms with Gasteiger partial charge in [0.05, 0.1) is 24.5 Å². The highest BCUT2D eigenvalue weighted by Crippen LogP contribution is 2.20. The Bertz CT molecular complexity index is 858. The zero-order valence-corrected chi connectivity index (χ0v) is 15.9. The number of hydrogen-bond donors (Lipinski definition) is 0. The van der Waals surface area contributed by atoms with Crippen molar-refractivity contribution in [1.82, 2.24) is 29.6 Å². The maximum Gasteiger partial charge on any atom is 0.274 e. The minimum atomic E-state index is -0.0920. The molecule has 2 amide bonds. The van der Waals surface area contributed by atoms with Gasteiger partial charge < -0.3 is 19.2 Å². The van der Waals surface area contributed by atoms with E-state index in [9.17, 15) is 9.59 Å². The van der Waals surface area contributed by atoms with Crippen molar-refractivity contribution in [1.29, 1.82) is 0 Å². The van der Waals surface area contributed by atoms with Crippen LogP contribution >= 0.6 is 0 Å². The number of likely N-dealkylation sites (N-methyl/N-ethyl adjacent to an activating group) is 1. The van der Waals surface area contributed by atoms with Gasteiger partial charge in [-0.15, -0.1) is 0 Å². The van der Waals surface area contributed by atoms with Crippen molar-refractivity contribution in [3.8, 4) is 0 Å². The van der Waals surface area contributed by atoms with Gasteiger partial charge in [0.1, 0.15) is 11.3 Å². The summed E-state index contributed by atoms with van der Waals surface area (Å²) in [5.74, 6) is 0.404. The van der Waals surface area contributed by atoms with Crippen molar-refractivity contribution in [2.45, 2.75) is 26.9 Å². The minimum absolute atomic E-state index is 0.0337. The molecule has 9 nitrogen and oxygen atoms in total. The standard InChI is InChI=1S/C18H24N6O3/c1-12-16(13(2)27-20-12)18(26)23-8-9-24-14(11-23)10-15(19-24)17(25)22-6-4-21(3)5-7-22/h10H,4-9,11H2,1-3H3. The van der Waals surface area contributed by atoms with Gasteiger partial charge in [-0.25, -0.2) is 0 Å². The summed E-state index contributed by atoms with van der Waals surface area (Å²) >= 11 is 0. The first kappa shape index (κ1) is 17.7. The number of hydrogen-bond acceptors (Lipinski definition) is 6. The Morgan fingerprint density at radius 3 is 2.37 bits per heavy atom. The van der Waals surface area contributed by atoms with Gasteiger partial charge in [0.25, 0.3) is 11.8 Å². The highest BCUT2D eigenvalue weighted by atomic mass is 16.5. The fourth-order valence-corrected chi connectivity index (χ4v) is 3.66. The van der Waals surface area contributed by atoms with Gasteiger partial charge in [-0.05, 0) is 27.0 Å². The highest BCUT2D eigenvalue weighted by molar-refractivity contribution is 5.96. The van der Waals surface area contributed by atoms with Crippen LogP contribution in [0.15, 0.2) is 10.6 Å². The number of aromatic nitrogens is 3. The Hall–Kier alpha value is -2.68. The summed E-state index contributed by atoms with van der Waals surface area (Å²) in [6, 6.07) is 1.81. The quantitative estimate of drug-likeness (QED) is 0.764. The number of nitrogens with zero attached hydrogens (tertiary/aromatic N) is 6. The maximum atomic E-state index is 12.8. The molecule has 144 valence electrons. The lowest BCUT2D eigenvalue weighted by molar-refractivity contribution is 0.0653. The predicted molar refractivity (Wildman–Crippen MR) is 96.3 cm³/mol. The molecule has 2 aromatic heterocycles. The van der Waals surface area contributed by atoms with Crippen LogP contribution in [0.2, 0.25) is 0 Å². The van der Waals surface area contributed by atoms with Crippen LogP contribution in [0.1, 0.15) is 38.0 Å². The second kappa shape index (κ2) is 6.80. The molecule has 2 aromatic rings. The van der Waals surface area contributed by atoms with Crippen LogP contribution < -0.4 is 0 Å². The third-order valence-corrected chi connectivity index (χ3v) is 5.34. The Morgan fingerprint density at radius 2 is 1.70 bits per heavy atom. The fraction of sp³-hybridized carbons (Fsp3) is 0.556. The summed E-state index contributed by atoms with van der Waals surface area (Å²) in [6.45, 7) is 8.23. The number of carbonyl (C=O) groups is 2. The SMILES string of the molecule is Cc1noc(C)c1C(=O)N1CCn2nc(C(=O)N3CCN(C)CC3)cc2C1. The first-order valence-electron chi connectivity index (χ1n) is 9.20. The molecule has 1 fully saturated rings. The van der Waals surface area contributed by atoms with E-state index in [-0.39, 0.29) is 11.8 Å². The van der Waals surface area contributed by atoms with E-state index in [4.69, 9.17) is 4.52 Å². The molecule has 4 heterocycles. The van der Waals surface area contributed by atoms with Gasteiger partial charge >= 0.3 is 0 Å². The molecule has 0 aromatic carbocycles. The zero-order chi connectivity index (χ0) is 19.1. The van der Waals surface area contributed by atoms with E-state index in [0.717, 1.165) is 18.8 Å². The van der Waals surface area contributed by atoms with Gasteiger partial charge in [-0.3, -0.25) is 14.3 Å². The van der Waals surface area contributed by atoms with E-state index in [0.29, 0.717) is 55.4 Å². The monoisotopic (exact) mass is 372 g/mol. The van der Waals surface area contributed by atoms with E-state index in [1.807, 2.05) is 15.6 Å². The first-order chi connectivity index (χ1) is 12.9. The van der Waals surface area contributed by atoms with Gasteiger partial charge in [0.15, 0.2) is 5.69 Å². The fourth-order valence-electron chi connectivity index (χ4n) is 3.66. The molecule has 0 radical (unpaired) electrons. The maximum absolute atomic E-state index is 12.8. The van der Waals surface area contributed by atoms with Crippen LogP contribution in [0.4, 0.5) is 0 Å². The molecule has 27 heavy (non-hydrogen) atoms. The molecule has 0 unspecified atom stereocenters. The number of piperazine rings is 1. The highest BCUT2D eigenvalue weighted by Gasteiger charge is 2.29. The lowest BCUT2D eigenvalue weighted by Crippen LogP contribution is -2.47. The van der Waals surface area contributed by atoms with Gasteiger partial charge in [-0.1, -0.05) is 5.16 Å². The molecule has 0 spiro atoms. The van der Waals surface area contributed by atoms with Crippen LogP contribution in [-0.2, 0) is 13.1 Å². The van der Waals surface area contributed by atoms with Crippen molar-refractivity contribution < 1.29 is 14.1 Å². The topological polar surface area (TPSA) is 87.7 Å². The van der Waals surface area contributed by atoms with Crippen molar-refractivity contribution >= 4 is 11.8 Å². The molecule has 0 aliphatic carbocycles. The molecular formula is C18H24N6O3. The molecule has 2 aliphatic heterocycles. The Balaban J connectivity index is 1.49. The second-order valence-electron chi connectivity index (χ2n) is 7.27. The summed E-state index contributed by atoms with van der Waals surface area (Å²) in [5, 5.41) is 8.35. The number of rotatable bonds is 2. The molecule has 0 bridgehead atoms. The van der Waals surface area contributed by atoms with Crippen molar-refractivity contribution in [3.05, 3.63) is 34.5 Å². The summed E-state index contributed by atoms with van der Waals surface area (Å²) < 4.78 is 6.95. The second-order valence-corrected chi connectivity index (χ2v) is 7.27. The molecule has 1 saturated heterocycles. The predicted octanol–water partition coefficient (Wildman–Crippen LogP) is 0.532. The van der Waals surface area contributed by atoms with Gasteiger partial charge in [0.2, 0.25) is 0 Å². The van der Waals surface area contributed by atoms with Crippen LogP contribution in [0.5, 0.6) is 0 Å². The van der Waals surface area contributed by atoms with Crippen molar-refractivity contribution in [2.75, 3.05) is 39.8 Å². The molecule has 0 atom stereocenters. The molecule has 4 rings (SSSR count). The van der Waals surface area contributed by atoms with E-state index < -0.39 is 0 Å². The molecule has 2 aliphatic rings. The average Bonchev–Trinajstić information content (AvgIpc) is 3.23. The van der Waals surface area contributed by atoms with E-state index >= 15 is 0 Å². The summed E-state index contributed by atoms with van der Waals surface area (Å²) in [6.07, 6.45) is 0. The van der Waals surface area contributed by atoms with Crippen LogP contribution in [0.25, 0.3) is 0 Å². The zero-order valence-electron chi connectivity index (χ0n) is 15.9. The first-order valence-corrected chi connectivity index (χ1v) is 9.20. The Kier molecular flexibility index (Phi) is 4.47. The average molecular weight is 372 g/mol.